The number of benzene rings is 1. The number of nitrogens with one attached hydrogen (secondary N) is 1. The lowest BCUT2D eigenvalue weighted by Gasteiger charge is -2.23. The van der Waals surface area contributed by atoms with Crippen LogP contribution in [-0.4, -0.2) is 41.4 Å². The summed E-state index contributed by atoms with van der Waals surface area (Å²) in [5.41, 5.74) is 0.797. The molecule has 0 aromatic heterocycles. The Morgan fingerprint density at radius 1 is 1.12 bits per heavy atom. The molecule has 2 heterocycles. The molecule has 1 N–H and O–H groups in total. The maximum Gasteiger partial charge on any atom is 0.331 e. The zero-order valence-electron chi connectivity index (χ0n) is 13.0. The number of imide groups is 2. The smallest absolute Gasteiger partial charge is 0.273 e. The largest absolute Gasteiger partial charge is 0.331 e. The molecule has 1 aromatic carbocycles. The Hall–Kier alpha value is -3.29. The molecule has 8 nitrogen and oxygen atoms in total. The summed E-state index contributed by atoms with van der Waals surface area (Å²) >= 11 is 0. The Bertz CT molecular complexity index is 813. The van der Waals surface area contributed by atoms with Crippen LogP contribution in [0.4, 0.5) is 10.5 Å². The number of nitrogens with zero attached hydrogens (tertiary/aromatic N) is 3. The normalized spacial score (nSPS) is 23.0. The average molecular weight is 326 g/mol. The number of hydrogen-bond donors (Lipinski definition) is 1. The highest BCUT2D eigenvalue weighted by Crippen LogP contribution is 2.25. The van der Waals surface area contributed by atoms with Crippen LogP contribution in [0.5, 0.6) is 0 Å². The maximum atomic E-state index is 12.6. The number of barbiturate groups is 1. The second-order valence-corrected chi connectivity index (χ2v) is 5.41. The van der Waals surface area contributed by atoms with Crippen molar-refractivity contribution in [1.82, 2.24) is 10.2 Å². The van der Waals surface area contributed by atoms with E-state index in [4.69, 9.17) is 0 Å². The first kappa shape index (κ1) is 15.6. The number of hydrogen-bond acceptors (Lipinski definition) is 5. The Labute approximate surface area is 137 Å². The van der Waals surface area contributed by atoms with Gasteiger partial charge in [-0.25, -0.2) is 4.79 Å². The topological polar surface area (TPSA) is 99.2 Å². The zero-order chi connectivity index (χ0) is 17.4. The minimum atomic E-state index is -0.837. The minimum Gasteiger partial charge on any atom is -0.273 e. The molecule has 0 bridgehead atoms. The summed E-state index contributed by atoms with van der Waals surface area (Å²) in [4.78, 5) is 48.8. The Kier molecular flexibility index (Phi) is 3.72. The van der Waals surface area contributed by atoms with E-state index >= 15 is 0 Å². The van der Waals surface area contributed by atoms with E-state index in [9.17, 15) is 19.2 Å². The predicted octanol–water partition coefficient (Wildman–Crippen LogP) is 0.660. The summed E-state index contributed by atoms with van der Waals surface area (Å²) in [6, 6.07) is 8.04. The predicted molar refractivity (Wildman–Crippen MR) is 84.9 cm³/mol. The van der Waals surface area contributed by atoms with Gasteiger partial charge in [0.25, 0.3) is 17.7 Å². The monoisotopic (exact) mass is 326 g/mol. The SMILES string of the molecule is CC1=NN(c2ccccc2)C(=O)C1/C=C1\C(=O)NC(=O)N(C)C1=O. The van der Waals surface area contributed by atoms with Crippen LogP contribution < -0.4 is 10.3 Å². The van der Waals surface area contributed by atoms with E-state index < -0.39 is 23.8 Å². The molecule has 0 saturated carbocycles. The minimum absolute atomic E-state index is 0.250. The Morgan fingerprint density at radius 2 is 1.79 bits per heavy atom. The quantitative estimate of drug-likeness (QED) is 0.637. The summed E-state index contributed by atoms with van der Waals surface area (Å²) in [7, 11) is 1.26. The second kappa shape index (κ2) is 5.73. The number of likely N-dealkylation sites (N-methyl/N-ethyl adjacent to an activating group) is 1. The third-order valence-corrected chi connectivity index (χ3v) is 3.82. The van der Waals surface area contributed by atoms with Gasteiger partial charge in [0, 0.05) is 7.05 Å². The number of rotatable bonds is 2. The van der Waals surface area contributed by atoms with Gasteiger partial charge in [-0.1, -0.05) is 18.2 Å². The molecule has 2 aliphatic rings. The van der Waals surface area contributed by atoms with Crippen LogP contribution in [0.25, 0.3) is 0 Å². The number of para-hydroxylation sites is 1. The fourth-order valence-electron chi connectivity index (χ4n) is 2.46. The summed E-state index contributed by atoms with van der Waals surface area (Å²) in [6.45, 7) is 1.64. The zero-order valence-corrected chi connectivity index (χ0v) is 13.0. The number of anilines is 1. The highest BCUT2D eigenvalue weighted by atomic mass is 16.2. The highest BCUT2D eigenvalue weighted by Gasteiger charge is 2.38. The van der Waals surface area contributed by atoms with Crippen LogP contribution in [0.1, 0.15) is 6.92 Å². The van der Waals surface area contributed by atoms with E-state index in [0.717, 1.165) is 4.90 Å². The average Bonchev–Trinajstić information content (AvgIpc) is 2.85. The van der Waals surface area contributed by atoms with Crippen LogP contribution in [0.3, 0.4) is 0 Å². The molecule has 8 heteroatoms. The molecule has 1 atom stereocenters. The molecule has 0 spiro atoms. The standard InChI is InChI=1S/C16H14N4O4/c1-9-11(8-12-13(21)17-16(24)19(2)14(12)22)15(23)20(18-9)10-6-4-3-5-7-10/h3-8,11H,1-2H3,(H,17,21,24)/b12-8+. The fourth-order valence-corrected chi connectivity index (χ4v) is 2.46. The molecular formula is C16H14N4O4. The van der Waals surface area contributed by atoms with E-state index in [2.05, 4.69) is 10.4 Å². The Morgan fingerprint density at radius 3 is 2.46 bits per heavy atom. The lowest BCUT2D eigenvalue weighted by molar-refractivity contribution is -0.129. The van der Waals surface area contributed by atoms with Crippen molar-refractivity contribution in [3.63, 3.8) is 0 Å². The number of urea groups is 1. The first-order chi connectivity index (χ1) is 11.4. The van der Waals surface area contributed by atoms with Crippen LogP contribution in [-0.2, 0) is 14.4 Å². The molecule has 0 radical (unpaired) electrons. The molecular weight excluding hydrogens is 312 g/mol. The molecule has 24 heavy (non-hydrogen) atoms. The van der Waals surface area contributed by atoms with Crippen molar-refractivity contribution in [1.29, 1.82) is 0 Å². The number of carbonyl (C=O) groups excluding carboxylic acids is 4. The van der Waals surface area contributed by atoms with Gasteiger partial charge in [-0.15, -0.1) is 0 Å². The van der Waals surface area contributed by atoms with Crippen LogP contribution >= 0.6 is 0 Å². The van der Waals surface area contributed by atoms with Crippen molar-refractivity contribution in [3.8, 4) is 0 Å². The first-order valence-electron chi connectivity index (χ1n) is 7.19. The molecule has 3 rings (SSSR count). The van der Waals surface area contributed by atoms with Gasteiger partial charge in [-0.05, 0) is 25.1 Å². The Balaban J connectivity index is 1.92. The number of carbonyl (C=O) groups is 4. The van der Waals surface area contributed by atoms with Gasteiger partial charge in [-0.2, -0.15) is 10.1 Å². The molecule has 1 unspecified atom stereocenters. The number of hydrazone groups is 1. The van der Waals surface area contributed by atoms with Gasteiger partial charge in [0.15, 0.2) is 0 Å². The van der Waals surface area contributed by atoms with Crippen LogP contribution in [0.15, 0.2) is 47.1 Å². The van der Waals surface area contributed by atoms with E-state index in [1.54, 1.807) is 31.2 Å². The second-order valence-electron chi connectivity index (χ2n) is 5.41. The summed E-state index contributed by atoms with van der Waals surface area (Å²) < 4.78 is 0. The van der Waals surface area contributed by atoms with Crippen molar-refractivity contribution < 1.29 is 19.2 Å². The number of amides is 5. The third-order valence-electron chi connectivity index (χ3n) is 3.82. The van der Waals surface area contributed by atoms with Gasteiger partial charge in [-0.3, -0.25) is 24.6 Å². The first-order valence-corrected chi connectivity index (χ1v) is 7.19. The molecule has 1 aromatic rings. The van der Waals surface area contributed by atoms with Crippen molar-refractivity contribution in [3.05, 3.63) is 42.0 Å². The highest BCUT2D eigenvalue weighted by molar-refractivity contribution is 6.29. The van der Waals surface area contributed by atoms with Gasteiger partial charge in [0.2, 0.25) is 0 Å². The van der Waals surface area contributed by atoms with Crippen molar-refractivity contribution >= 4 is 35.2 Å². The molecule has 1 fully saturated rings. The summed E-state index contributed by atoms with van der Waals surface area (Å²) in [6.07, 6.45) is 1.25. The van der Waals surface area contributed by atoms with Gasteiger partial charge < -0.3 is 0 Å². The van der Waals surface area contributed by atoms with Crippen LogP contribution in [0, 0.1) is 5.92 Å². The van der Waals surface area contributed by atoms with Crippen molar-refractivity contribution in [2.24, 2.45) is 11.0 Å². The van der Waals surface area contributed by atoms with Crippen molar-refractivity contribution in [2.45, 2.75) is 6.92 Å². The fraction of sp³-hybridized carbons (Fsp3) is 0.188. The van der Waals surface area contributed by atoms with Gasteiger partial charge in [0.1, 0.15) is 5.57 Å². The van der Waals surface area contributed by atoms with Gasteiger partial charge in [0.05, 0.1) is 17.3 Å². The molecule has 2 aliphatic heterocycles. The van der Waals surface area contributed by atoms with Crippen molar-refractivity contribution in [2.75, 3.05) is 12.1 Å². The summed E-state index contributed by atoms with van der Waals surface area (Å²) in [5.74, 6) is -2.77. The summed E-state index contributed by atoms with van der Waals surface area (Å²) in [5, 5.41) is 7.49. The van der Waals surface area contributed by atoms with E-state index in [1.807, 2.05) is 6.07 Å². The maximum absolute atomic E-state index is 12.6. The van der Waals surface area contributed by atoms with E-state index in [-0.39, 0.29) is 11.5 Å². The third kappa shape index (κ3) is 2.47. The molecule has 5 amide bonds. The van der Waals surface area contributed by atoms with Crippen LogP contribution in [0.2, 0.25) is 0 Å². The lowest BCUT2D eigenvalue weighted by atomic mass is 9.99. The van der Waals surface area contributed by atoms with E-state index in [0.29, 0.717) is 11.4 Å². The molecule has 0 aliphatic carbocycles. The van der Waals surface area contributed by atoms with E-state index in [1.165, 1.54) is 18.1 Å². The molecule has 1 saturated heterocycles. The lowest BCUT2D eigenvalue weighted by Crippen LogP contribution is -2.52. The molecule has 122 valence electrons. The van der Waals surface area contributed by atoms with Gasteiger partial charge >= 0.3 is 6.03 Å².